The summed E-state index contributed by atoms with van der Waals surface area (Å²) >= 11 is 0. The van der Waals surface area contributed by atoms with Crippen molar-refractivity contribution in [3.8, 4) is 11.8 Å². The van der Waals surface area contributed by atoms with E-state index in [9.17, 15) is 22.8 Å². The van der Waals surface area contributed by atoms with Crippen LogP contribution in [0, 0.1) is 25.7 Å². The molecule has 0 bridgehead atoms. The van der Waals surface area contributed by atoms with Gasteiger partial charge in [-0.15, -0.1) is 0 Å². The molecule has 2 aromatic heterocycles. The number of ether oxygens (including phenoxy) is 1. The highest BCUT2D eigenvalue weighted by molar-refractivity contribution is 6.04. The first kappa shape index (κ1) is 32.6. The minimum atomic E-state index is -4.63. The quantitative estimate of drug-likeness (QED) is 0.255. The molecule has 2 aromatic carbocycles. The Hall–Kier alpha value is -4.82. The summed E-state index contributed by atoms with van der Waals surface area (Å²) in [7, 11) is 0. The van der Waals surface area contributed by atoms with Crippen molar-refractivity contribution in [1.82, 2.24) is 19.2 Å². The fourth-order valence-corrected chi connectivity index (χ4v) is 5.20. The minimum Gasteiger partial charge on any atom is -0.444 e. The van der Waals surface area contributed by atoms with Crippen LogP contribution in [0.15, 0.2) is 60.8 Å². The van der Waals surface area contributed by atoms with Crippen molar-refractivity contribution >= 4 is 23.3 Å². The summed E-state index contributed by atoms with van der Waals surface area (Å²) in [5.41, 5.74) is 2.70. The Morgan fingerprint density at radius 3 is 2.39 bits per heavy atom. The van der Waals surface area contributed by atoms with Gasteiger partial charge in [-0.2, -0.15) is 13.2 Å². The number of rotatable bonds is 4. The molecule has 46 heavy (non-hydrogen) atoms. The molecule has 2 amide bonds. The van der Waals surface area contributed by atoms with Gasteiger partial charge in [-0.05, 0) is 88.1 Å². The summed E-state index contributed by atoms with van der Waals surface area (Å²) in [5.74, 6) is 5.73. The molecule has 1 saturated heterocycles. The van der Waals surface area contributed by atoms with Gasteiger partial charge in [-0.25, -0.2) is 9.78 Å². The molecule has 0 aliphatic carbocycles. The Bertz CT molecular complexity index is 1840. The largest absolute Gasteiger partial charge is 0.444 e. The number of amides is 2. The molecule has 3 heterocycles. The fraction of sp³-hybridized carbons (Fsp3) is 0.343. The number of nitrogens with one attached hydrogen (secondary N) is 1. The van der Waals surface area contributed by atoms with Crippen molar-refractivity contribution in [3.63, 3.8) is 0 Å². The maximum atomic E-state index is 14.2. The number of hydrogen-bond donors (Lipinski definition) is 1. The first-order chi connectivity index (χ1) is 21.7. The van der Waals surface area contributed by atoms with E-state index in [1.807, 2.05) is 47.5 Å². The molecule has 0 radical (unpaired) electrons. The third-order valence-electron chi connectivity index (χ3n) is 7.61. The van der Waals surface area contributed by atoms with Gasteiger partial charge in [0, 0.05) is 55.7 Å². The van der Waals surface area contributed by atoms with E-state index >= 15 is 0 Å². The lowest BCUT2D eigenvalue weighted by Gasteiger charge is -2.36. The van der Waals surface area contributed by atoms with E-state index in [4.69, 9.17) is 4.74 Å². The molecule has 5 rings (SSSR count). The number of benzene rings is 2. The van der Waals surface area contributed by atoms with Crippen LogP contribution >= 0.6 is 0 Å². The van der Waals surface area contributed by atoms with Gasteiger partial charge in [-0.1, -0.05) is 24.1 Å². The highest BCUT2D eigenvalue weighted by Gasteiger charge is 2.35. The number of hydrogen-bond acceptors (Lipinski definition) is 5. The van der Waals surface area contributed by atoms with Crippen LogP contribution in [-0.4, -0.2) is 63.0 Å². The van der Waals surface area contributed by atoms with E-state index in [2.05, 4.69) is 22.1 Å². The van der Waals surface area contributed by atoms with Gasteiger partial charge < -0.3 is 15.0 Å². The second-order valence-corrected chi connectivity index (χ2v) is 12.3. The van der Waals surface area contributed by atoms with E-state index in [1.165, 1.54) is 12.1 Å². The lowest BCUT2D eigenvalue weighted by Crippen LogP contribution is -2.49. The molecule has 1 fully saturated rings. The predicted molar refractivity (Wildman–Crippen MR) is 170 cm³/mol. The zero-order valence-corrected chi connectivity index (χ0v) is 26.5. The van der Waals surface area contributed by atoms with Crippen molar-refractivity contribution in [1.29, 1.82) is 0 Å². The van der Waals surface area contributed by atoms with Crippen molar-refractivity contribution in [2.75, 3.05) is 31.5 Å². The van der Waals surface area contributed by atoms with E-state index in [1.54, 1.807) is 43.9 Å². The Labute approximate surface area is 266 Å². The lowest BCUT2D eigenvalue weighted by atomic mass is 10.0. The molecule has 11 heteroatoms. The molecular weight excluding hydrogens is 595 g/mol. The Morgan fingerprint density at radius 2 is 1.70 bits per heavy atom. The zero-order chi connectivity index (χ0) is 33.2. The highest BCUT2D eigenvalue weighted by Crippen LogP contribution is 2.35. The Kier molecular flexibility index (Phi) is 9.13. The standard InChI is InChI=1S/C35H36F3N5O3/c1-23-9-10-26(20-25(23)12-14-30-24(2)39-31-8-6-7-15-43(30)31)32(44)40-28-13-11-27(29(21-28)35(36,37)38)22-41-16-18-42(19-17-41)33(45)46-34(3,4)5/h6-11,13,15,20-21H,16-19,22H2,1-5H3,(H,40,44). The van der Waals surface area contributed by atoms with Crippen molar-refractivity contribution in [3.05, 3.63) is 100.0 Å². The SMILES string of the molecule is Cc1ccc(C(=O)Nc2ccc(CN3CCN(C(=O)OC(C)(C)C)CC3)c(C(F)(F)F)c2)cc1C#Cc1c(C)nc2ccccn12. The number of imidazole rings is 1. The summed E-state index contributed by atoms with van der Waals surface area (Å²) < 4.78 is 49.8. The number of carbonyl (C=O) groups excluding carboxylic acids is 2. The summed E-state index contributed by atoms with van der Waals surface area (Å²) in [5, 5.41) is 2.62. The second-order valence-electron chi connectivity index (χ2n) is 12.3. The number of aryl methyl sites for hydroxylation is 2. The van der Waals surface area contributed by atoms with Crippen LogP contribution in [0.3, 0.4) is 0 Å². The summed E-state index contributed by atoms with van der Waals surface area (Å²) in [4.78, 5) is 33.5. The van der Waals surface area contributed by atoms with E-state index < -0.39 is 29.3 Å². The summed E-state index contributed by atoms with van der Waals surface area (Å²) in [6.07, 6.45) is -3.18. The molecule has 8 nitrogen and oxygen atoms in total. The van der Waals surface area contributed by atoms with Gasteiger partial charge in [-0.3, -0.25) is 14.1 Å². The van der Waals surface area contributed by atoms with Gasteiger partial charge in [0.15, 0.2) is 0 Å². The van der Waals surface area contributed by atoms with Crippen LogP contribution < -0.4 is 5.32 Å². The van der Waals surface area contributed by atoms with Crippen LogP contribution in [0.4, 0.5) is 23.7 Å². The molecule has 0 atom stereocenters. The van der Waals surface area contributed by atoms with Gasteiger partial charge >= 0.3 is 12.3 Å². The average Bonchev–Trinajstić information content (AvgIpc) is 3.31. The number of piperazine rings is 1. The maximum absolute atomic E-state index is 14.2. The van der Waals surface area contributed by atoms with E-state index in [0.29, 0.717) is 31.7 Å². The van der Waals surface area contributed by atoms with Crippen LogP contribution in [0.5, 0.6) is 0 Å². The van der Waals surface area contributed by atoms with Gasteiger partial charge in [0.25, 0.3) is 5.91 Å². The maximum Gasteiger partial charge on any atom is 0.416 e. The molecule has 0 spiro atoms. The fourth-order valence-electron chi connectivity index (χ4n) is 5.20. The van der Waals surface area contributed by atoms with Crippen LogP contribution in [0.1, 0.15) is 64.8 Å². The molecule has 1 N–H and O–H groups in total. The minimum absolute atomic E-state index is 0.0328. The number of fused-ring (bicyclic) bond motifs is 1. The summed E-state index contributed by atoms with van der Waals surface area (Å²) in [6.45, 7) is 10.7. The third kappa shape index (κ3) is 7.69. The number of alkyl halides is 3. The Morgan fingerprint density at radius 1 is 0.957 bits per heavy atom. The summed E-state index contributed by atoms with van der Waals surface area (Å²) in [6, 6.07) is 14.5. The molecule has 0 unspecified atom stereocenters. The monoisotopic (exact) mass is 631 g/mol. The Balaban J connectivity index is 1.29. The van der Waals surface area contributed by atoms with Crippen molar-refractivity contribution < 1.29 is 27.5 Å². The van der Waals surface area contributed by atoms with Crippen molar-refractivity contribution in [2.45, 2.75) is 52.9 Å². The normalized spacial score (nSPS) is 14.1. The molecule has 240 valence electrons. The highest BCUT2D eigenvalue weighted by atomic mass is 19.4. The van der Waals surface area contributed by atoms with Gasteiger partial charge in [0.2, 0.25) is 0 Å². The molecule has 1 aliphatic rings. The number of anilines is 1. The first-order valence-corrected chi connectivity index (χ1v) is 15.0. The zero-order valence-electron chi connectivity index (χ0n) is 26.5. The number of nitrogens with zero attached hydrogens (tertiary/aromatic N) is 4. The predicted octanol–water partition coefficient (Wildman–Crippen LogP) is 6.67. The number of carbonyl (C=O) groups is 2. The van der Waals surface area contributed by atoms with Crippen LogP contribution in [0.2, 0.25) is 0 Å². The smallest absolute Gasteiger partial charge is 0.416 e. The van der Waals surface area contributed by atoms with Crippen LogP contribution in [-0.2, 0) is 17.5 Å². The molecular formula is C35H36F3N5O3. The average molecular weight is 632 g/mol. The van der Waals surface area contributed by atoms with E-state index in [-0.39, 0.29) is 23.4 Å². The van der Waals surface area contributed by atoms with Gasteiger partial charge in [0.1, 0.15) is 16.9 Å². The van der Waals surface area contributed by atoms with Gasteiger partial charge in [0.05, 0.1) is 11.3 Å². The molecule has 4 aromatic rings. The lowest BCUT2D eigenvalue weighted by molar-refractivity contribution is -0.138. The third-order valence-corrected chi connectivity index (χ3v) is 7.61. The van der Waals surface area contributed by atoms with Crippen molar-refractivity contribution in [2.24, 2.45) is 0 Å². The first-order valence-electron chi connectivity index (χ1n) is 15.0. The van der Waals surface area contributed by atoms with E-state index in [0.717, 1.165) is 28.7 Å². The number of pyridine rings is 1. The van der Waals surface area contributed by atoms with Crippen LogP contribution in [0.25, 0.3) is 5.65 Å². The number of halogens is 3. The molecule has 1 aliphatic heterocycles. The topological polar surface area (TPSA) is 79.2 Å². The second kappa shape index (κ2) is 12.9. The number of aromatic nitrogens is 2. The molecule has 0 saturated carbocycles.